The van der Waals surface area contributed by atoms with Crippen molar-refractivity contribution in [1.82, 2.24) is 0 Å². The van der Waals surface area contributed by atoms with Crippen LogP contribution in [-0.2, 0) is 20.7 Å². The van der Waals surface area contributed by atoms with Crippen molar-refractivity contribution < 1.29 is 18.7 Å². The van der Waals surface area contributed by atoms with Crippen LogP contribution in [-0.4, -0.2) is 18.0 Å². The van der Waals surface area contributed by atoms with Crippen molar-refractivity contribution in [3.8, 4) is 0 Å². The Hall–Kier alpha value is -2.27. The van der Waals surface area contributed by atoms with Gasteiger partial charge in [0.15, 0.2) is 6.10 Å². The largest absolute Gasteiger partial charge is 0.469 e. The van der Waals surface area contributed by atoms with Gasteiger partial charge in [-0.2, -0.15) is 0 Å². The van der Waals surface area contributed by atoms with Crippen LogP contribution in [0.2, 0.25) is 5.02 Å². The molecule has 0 aliphatic carbocycles. The molecule has 0 unspecified atom stereocenters. The molecule has 0 saturated carbocycles. The van der Waals surface area contributed by atoms with Gasteiger partial charge in [-0.25, -0.2) is 0 Å². The predicted octanol–water partition coefficient (Wildman–Crippen LogP) is 3.74. The number of halogens is 1. The average Bonchev–Trinajstić information content (AvgIpc) is 3.03. The normalized spacial score (nSPS) is 11.8. The fourth-order valence-corrected chi connectivity index (χ4v) is 2.14. The van der Waals surface area contributed by atoms with Gasteiger partial charge in [0.2, 0.25) is 0 Å². The molecule has 0 radical (unpaired) electrons. The second-order valence-electron chi connectivity index (χ2n) is 5.11. The number of nitrogens with one attached hydrogen (secondary N) is 1. The van der Waals surface area contributed by atoms with Crippen LogP contribution in [0, 0.1) is 6.92 Å². The van der Waals surface area contributed by atoms with Crippen LogP contribution in [0.5, 0.6) is 0 Å². The fraction of sp³-hybridized carbons (Fsp3) is 0.294. The van der Waals surface area contributed by atoms with Crippen molar-refractivity contribution in [1.29, 1.82) is 0 Å². The van der Waals surface area contributed by atoms with Gasteiger partial charge in [0, 0.05) is 17.1 Å². The van der Waals surface area contributed by atoms with Gasteiger partial charge in [-0.3, -0.25) is 9.59 Å². The molecule has 1 N–H and O–H groups in total. The highest BCUT2D eigenvalue weighted by Crippen LogP contribution is 2.23. The standard InChI is InChI=1S/C17H18ClNO4/c1-11-14(18)6-3-7-15(11)19-17(21)12(2)23-16(20)9-8-13-5-4-10-22-13/h3-7,10,12H,8-9H2,1-2H3,(H,19,21)/t12-/m1/s1. The topological polar surface area (TPSA) is 68.5 Å². The van der Waals surface area contributed by atoms with E-state index in [4.69, 9.17) is 20.8 Å². The van der Waals surface area contributed by atoms with E-state index in [2.05, 4.69) is 5.32 Å². The Bertz CT molecular complexity index is 682. The molecule has 1 amide bonds. The molecule has 1 aromatic heterocycles. The van der Waals surface area contributed by atoms with Crippen LogP contribution >= 0.6 is 11.6 Å². The molecule has 0 aliphatic rings. The van der Waals surface area contributed by atoms with Crippen molar-refractivity contribution in [2.75, 3.05) is 5.32 Å². The van der Waals surface area contributed by atoms with Gasteiger partial charge in [0.05, 0.1) is 12.7 Å². The molecule has 6 heteroatoms. The Morgan fingerprint density at radius 1 is 1.30 bits per heavy atom. The predicted molar refractivity (Wildman–Crippen MR) is 87.4 cm³/mol. The second kappa shape index (κ2) is 7.83. The number of carbonyl (C=O) groups excluding carboxylic acids is 2. The summed E-state index contributed by atoms with van der Waals surface area (Å²) in [7, 11) is 0. The van der Waals surface area contributed by atoms with E-state index in [1.54, 1.807) is 43.5 Å². The Balaban J connectivity index is 1.84. The van der Waals surface area contributed by atoms with Crippen molar-refractivity contribution in [2.24, 2.45) is 0 Å². The molecule has 0 fully saturated rings. The fourth-order valence-electron chi connectivity index (χ4n) is 1.97. The van der Waals surface area contributed by atoms with Gasteiger partial charge in [0.25, 0.3) is 5.91 Å². The third-order valence-corrected chi connectivity index (χ3v) is 3.77. The third kappa shape index (κ3) is 4.86. The summed E-state index contributed by atoms with van der Waals surface area (Å²) in [6, 6.07) is 8.76. The van der Waals surface area contributed by atoms with Gasteiger partial charge in [-0.15, -0.1) is 0 Å². The van der Waals surface area contributed by atoms with Crippen LogP contribution in [0.3, 0.4) is 0 Å². The summed E-state index contributed by atoms with van der Waals surface area (Å²) in [5.74, 6) is -0.151. The number of benzene rings is 1. The monoisotopic (exact) mass is 335 g/mol. The number of carbonyl (C=O) groups is 2. The number of anilines is 1. The molecule has 0 saturated heterocycles. The van der Waals surface area contributed by atoms with Gasteiger partial charge in [0.1, 0.15) is 5.76 Å². The van der Waals surface area contributed by atoms with E-state index in [1.165, 1.54) is 6.92 Å². The first-order chi connectivity index (χ1) is 11.0. The summed E-state index contributed by atoms with van der Waals surface area (Å²) in [6.07, 6.45) is 1.25. The van der Waals surface area contributed by atoms with Crippen molar-refractivity contribution in [3.05, 3.63) is 52.9 Å². The molecule has 1 atom stereocenters. The van der Waals surface area contributed by atoms with Crippen LogP contribution in [0.25, 0.3) is 0 Å². The maximum absolute atomic E-state index is 12.1. The number of rotatable bonds is 6. The Kier molecular flexibility index (Phi) is 5.82. The third-order valence-electron chi connectivity index (χ3n) is 3.36. The van der Waals surface area contributed by atoms with E-state index in [9.17, 15) is 9.59 Å². The molecule has 2 aromatic rings. The summed E-state index contributed by atoms with van der Waals surface area (Å²) in [5, 5.41) is 3.27. The van der Waals surface area contributed by atoms with E-state index >= 15 is 0 Å². The van der Waals surface area contributed by atoms with Crippen LogP contribution in [0.15, 0.2) is 41.0 Å². The van der Waals surface area contributed by atoms with Gasteiger partial charge >= 0.3 is 5.97 Å². The summed E-state index contributed by atoms with van der Waals surface area (Å²) in [5.41, 5.74) is 1.36. The van der Waals surface area contributed by atoms with Crippen LogP contribution < -0.4 is 5.32 Å². The first-order valence-corrected chi connectivity index (χ1v) is 7.63. The SMILES string of the molecule is Cc1c(Cl)cccc1NC(=O)[C@@H](C)OC(=O)CCc1ccco1. The lowest BCUT2D eigenvalue weighted by molar-refractivity contribution is -0.153. The van der Waals surface area contributed by atoms with E-state index in [0.717, 1.165) is 5.56 Å². The molecule has 0 aliphatic heterocycles. The summed E-state index contributed by atoms with van der Waals surface area (Å²) < 4.78 is 10.3. The molecule has 0 spiro atoms. The van der Waals surface area contributed by atoms with E-state index < -0.39 is 18.0 Å². The summed E-state index contributed by atoms with van der Waals surface area (Å²) in [6.45, 7) is 3.33. The van der Waals surface area contributed by atoms with Gasteiger partial charge in [-0.05, 0) is 43.7 Å². The first kappa shape index (κ1) is 17.1. The number of hydrogen-bond acceptors (Lipinski definition) is 4. The molecular weight excluding hydrogens is 318 g/mol. The maximum atomic E-state index is 12.1. The quantitative estimate of drug-likeness (QED) is 0.816. The van der Waals surface area contributed by atoms with Gasteiger partial charge < -0.3 is 14.5 Å². The lowest BCUT2D eigenvalue weighted by Gasteiger charge is -2.15. The smallest absolute Gasteiger partial charge is 0.307 e. The Morgan fingerprint density at radius 3 is 2.78 bits per heavy atom. The van der Waals surface area contributed by atoms with Crippen molar-refractivity contribution in [3.63, 3.8) is 0 Å². The highest BCUT2D eigenvalue weighted by atomic mass is 35.5. The zero-order valence-electron chi connectivity index (χ0n) is 13.0. The lowest BCUT2D eigenvalue weighted by Crippen LogP contribution is -2.30. The van der Waals surface area contributed by atoms with E-state index in [-0.39, 0.29) is 6.42 Å². The van der Waals surface area contributed by atoms with Gasteiger partial charge in [-0.1, -0.05) is 17.7 Å². The highest BCUT2D eigenvalue weighted by molar-refractivity contribution is 6.31. The number of esters is 1. The van der Waals surface area contributed by atoms with Crippen molar-refractivity contribution in [2.45, 2.75) is 32.8 Å². The van der Waals surface area contributed by atoms with E-state index in [0.29, 0.717) is 22.9 Å². The first-order valence-electron chi connectivity index (χ1n) is 7.25. The summed E-state index contributed by atoms with van der Waals surface area (Å²) >= 11 is 6.01. The summed E-state index contributed by atoms with van der Waals surface area (Å²) in [4.78, 5) is 23.9. The number of furan rings is 1. The van der Waals surface area contributed by atoms with Crippen LogP contribution in [0.1, 0.15) is 24.7 Å². The Morgan fingerprint density at radius 2 is 2.09 bits per heavy atom. The van der Waals surface area contributed by atoms with Crippen LogP contribution in [0.4, 0.5) is 5.69 Å². The maximum Gasteiger partial charge on any atom is 0.307 e. The minimum atomic E-state index is -0.891. The second-order valence-corrected chi connectivity index (χ2v) is 5.52. The number of ether oxygens (including phenoxy) is 1. The molecule has 1 aromatic carbocycles. The number of amides is 1. The molecule has 5 nitrogen and oxygen atoms in total. The molecule has 1 heterocycles. The Labute approximate surface area is 139 Å². The molecule has 2 rings (SSSR count). The van der Waals surface area contributed by atoms with E-state index in [1.807, 2.05) is 0 Å². The zero-order valence-corrected chi connectivity index (χ0v) is 13.7. The minimum Gasteiger partial charge on any atom is -0.469 e. The van der Waals surface area contributed by atoms with Crippen molar-refractivity contribution >= 4 is 29.2 Å². The molecule has 23 heavy (non-hydrogen) atoms. The lowest BCUT2D eigenvalue weighted by atomic mass is 10.2. The number of hydrogen-bond donors (Lipinski definition) is 1. The zero-order chi connectivity index (χ0) is 16.8. The minimum absolute atomic E-state index is 0.154. The molecule has 0 bridgehead atoms. The molecule has 122 valence electrons. The molecular formula is C17H18ClNO4. The number of aryl methyl sites for hydroxylation is 1. The highest BCUT2D eigenvalue weighted by Gasteiger charge is 2.19. The average molecular weight is 336 g/mol.